The molecule has 25 heavy (non-hydrogen) atoms. The monoisotopic (exact) mass is 337 g/mol. The van der Waals surface area contributed by atoms with Gasteiger partial charge in [-0.25, -0.2) is 0 Å². The van der Waals surface area contributed by atoms with Gasteiger partial charge in [0.25, 0.3) is 0 Å². The fourth-order valence-corrected chi connectivity index (χ4v) is 4.03. The minimum absolute atomic E-state index is 0.0813. The SMILES string of the molecule is O=C1C[C@@H](C(=O)N2CCC[C@H]2c2ccc[nH]2)CN1Cc1ccccc1. The maximum absolute atomic E-state index is 13.0. The number of rotatable bonds is 4. The molecule has 1 aromatic carbocycles. The lowest BCUT2D eigenvalue weighted by molar-refractivity contribution is -0.136. The number of aromatic amines is 1. The highest BCUT2D eigenvalue weighted by Gasteiger charge is 2.40. The van der Waals surface area contributed by atoms with Gasteiger partial charge >= 0.3 is 0 Å². The van der Waals surface area contributed by atoms with E-state index in [1.165, 1.54) is 0 Å². The fourth-order valence-electron chi connectivity index (χ4n) is 4.03. The Balaban J connectivity index is 1.43. The summed E-state index contributed by atoms with van der Waals surface area (Å²) >= 11 is 0. The number of likely N-dealkylation sites (tertiary alicyclic amines) is 2. The molecule has 5 heteroatoms. The second-order valence-corrected chi connectivity index (χ2v) is 6.98. The molecular weight excluding hydrogens is 314 g/mol. The largest absolute Gasteiger partial charge is 0.363 e. The molecule has 2 atom stereocenters. The molecule has 2 fully saturated rings. The van der Waals surface area contributed by atoms with Crippen molar-refractivity contribution in [2.24, 2.45) is 5.92 Å². The predicted octanol–water partition coefficient (Wildman–Crippen LogP) is 2.73. The van der Waals surface area contributed by atoms with Crippen LogP contribution in [0.1, 0.15) is 36.6 Å². The molecule has 0 bridgehead atoms. The molecule has 1 N–H and O–H groups in total. The first kappa shape index (κ1) is 15.9. The Morgan fingerprint density at radius 1 is 1.16 bits per heavy atom. The minimum atomic E-state index is -0.216. The summed E-state index contributed by atoms with van der Waals surface area (Å²) in [6, 6.07) is 14.1. The summed E-state index contributed by atoms with van der Waals surface area (Å²) < 4.78 is 0. The van der Waals surface area contributed by atoms with Crippen molar-refractivity contribution in [2.75, 3.05) is 13.1 Å². The minimum Gasteiger partial charge on any atom is -0.363 e. The number of aromatic nitrogens is 1. The van der Waals surface area contributed by atoms with Crippen molar-refractivity contribution in [3.63, 3.8) is 0 Å². The normalized spacial score (nSPS) is 23.4. The summed E-state index contributed by atoms with van der Waals surface area (Å²) in [5.74, 6) is -0.00869. The molecule has 5 nitrogen and oxygen atoms in total. The van der Waals surface area contributed by atoms with Crippen molar-refractivity contribution >= 4 is 11.8 Å². The van der Waals surface area contributed by atoms with Crippen molar-refractivity contribution < 1.29 is 9.59 Å². The summed E-state index contributed by atoms with van der Waals surface area (Å²) in [6.45, 7) is 1.90. The summed E-state index contributed by atoms with van der Waals surface area (Å²) in [5.41, 5.74) is 2.20. The highest BCUT2D eigenvalue weighted by molar-refractivity contribution is 5.89. The lowest BCUT2D eigenvalue weighted by atomic mass is 10.1. The van der Waals surface area contributed by atoms with E-state index in [9.17, 15) is 9.59 Å². The zero-order chi connectivity index (χ0) is 17.2. The molecule has 1 aromatic heterocycles. The molecule has 2 aromatic rings. The Morgan fingerprint density at radius 2 is 2.00 bits per heavy atom. The molecule has 2 amide bonds. The first-order valence-electron chi connectivity index (χ1n) is 8.98. The molecule has 0 radical (unpaired) electrons. The first-order chi connectivity index (χ1) is 12.2. The Morgan fingerprint density at radius 3 is 2.76 bits per heavy atom. The van der Waals surface area contributed by atoms with Gasteiger partial charge < -0.3 is 14.8 Å². The molecule has 0 unspecified atom stereocenters. The lowest BCUT2D eigenvalue weighted by Gasteiger charge is -2.27. The van der Waals surface area contributed by atoms with Crippen LogP contribution in [0.3, 0.4) is 0 Å². The number of hydrogen-bond acceptors (Lipinski definition) is 2. The van der Waals surface area contributed by atoms with Crippen LogP contribution in [0, 0.1) is 5.92 Å². The summed E-state index contributed by atoms with van der Waals surface area (Å²) in [4.78, 5) is 32.4. The van der Waals surface area contributed by atoms with E-state index in [1.54, 1.807) is 0 Å². The number of amides is 2. The fraction of sp³-hybridized carbons (Fsp3) is 0.400. The number of carbonyl (C=O) groups excluding carboxylic acids is 2. The van der Waals surface area contributed by atoms with Gasteiger partial charge in [0.2, 0.25) is 11.8 Å². The second kappa shape index (κ2) is 6.75. The molecular formula is C20H23N3O2. The summed E-state index contributed by atoms with van der Waals surface area (Å²) in [7, 11) is 0. The molecule has 0 saturated carbocycles. The van der Waals surface area contributed by atoms with Gasteiger partial charge in [-0.15, -0.1) is 0 Å². The molecule has 130 valence electrons. The van der Waals surface area contributed by atoms with E-state index in [4.69, 9.17) is 0 Å². The van der Waals surface area contributed by atoms with Crippen LogP contribution >= 0.6 is 0 Å². The Bertz CT molecular complexity index is 742. The molecule has 4 rings (SSSR count). The number of hydrogen-bond donors (Lipinski definition) is 1. The Hall–Kier alpha value is -2.56. The molecule has 2 aliphatic rings. The molecule has 0 aliphatic carbocycles. The van der Waals surface area contributed by atoms with Crippen molar-refractivity contribution in [1.29, 1.82) is 0 Å². The van der Waals surface area contributed by atoms with Crippen LogP contribution in [-0.4, -0.2) is 39.7 Å². The van der Waals surface area contributed by atoms with E-state index in [-0.39, 0.29) is 23.8 Å². The maximum Gasteiger partial charge on any atom is 0.228 e. The third kappa shape index (κ3) is 3.18. The van der Waals surface area contributed by atoms with Gasteiger partial charge in [-0.05, 0) is 30.5 Å². The predicted molar refractivity (Wildman–Crippen MR) is 94.4 cm³/mol. The van der Waals surface area contributed by atoms with Gasteiger partial charge in [0.1, 0.15) is 0 Å². The number of nitrogens with one attached hydrogen (secondary N) is 1. The highest BCUT2D eigenvalue weighted by atomic mass is 16.2. The molecule has 2 aliphatic heterocycles. The van der Waals surface area contributed by atoms with Gasteiger partial charge in [-0.1, -0.05) is 30.3 Å². The third-order valence-electron chi connectivity index (χ3n) is 5.30. The Kier molecular flexibility index (Phi) is 4.30. The van der Waals surface area contributed by atoms with Crippen molar-refractivity contribution in [3.05, 3.63) is 59.9 Å². The van der Waals surface area contributed by atoms with Crippen LogP contribution in [-0.2, 0) is 16.1 Å². The van der Waals surface area contributed by atoms with Crippen LogP contribution < -0.4 is 0 Å². The topological polar surface area (TPSA) is 56.4 Å². The van der Waals surface area contributed by atoms with Gasteiger partial charge in [-0.2, -0.15) is 0 Å². The molecule has 2 saturated heterocycles. The number of benzene rings is 1. The smallest absolute Gasteiger partial charge is 0.228 e. The maximum atomic E-state index is 13.0. The summed E-state index contributed by atoms with van der Waals surface area (Å²) in [6.07, 6.45) is 4.24. The molecule has 0 spiro atoms. The Labute approximate surface area is 147 Å². The van der Waals surface area contributed by atoms with E-state index in [1.807, 2.05) is 58.5 Å². The van der Waals surface area contributed by atoms with Gasteiger partial charge in [0.15, 0.2) is 0 Å². The third-order valence-corrected chi connectivity index (χ3v) is 5.30. The van der Waals surface area contributed by atoms with Crippen molar-refractivity contribution in [1.82, 2.24) is 14.8 Å². The number of nitrogens with zero attached hydrogens (tertiary/aromatic N) is 2. The van der Waals surface area contributed by atoms with Crippen LogP contribution in [0.25, 0.3) is 0 Å². The van der Waals surface area contributed by atoms with Gasteiger partial charge in [-0.3, -0.25) is 9.59 Å². The van der Waals surface area contributed by atoms with E-state index >= 15 is 0 Å². The van der Waals surface area contributed by atoms with E-state index in [2.05, 4.69) is 4.98 Å². The quantitative estimate of drug-likeness (QED) is 0.933. The zero-order valence-corrected chi connectivity index (χ0v) is 14.2. The second-order valence-electron chi connectivity index (χ2n) is 6.98. The van der Waals surface area contributed by atoms with E-state index < -0.39 is 0 Å². The first-order valence-corrected chi connectivity index (χ1v) is 8.98. The van der Waals surface area contributed by atoms with Crippen LogP contribution in [0.2, 0.25) is 0 Å². The summed E-state index contributed by atoms with van der Waals surface area (Å²) in [5, 5.41) is 0. The van der Waals surface area contributed by atoms with Crippen molar-refractivity contribution in [2.45, 2.75) is 31.8 Å². The number of H-pyrrole nitrogens is 1. The number of carbonyl (C=O) groups is 2. The lowest BCUT2D eigenvalue weighted by Crippen LogP contribution is -2.37. The zero-order valence-electron chi connectivity index (χ0n) is 14.2. The molecule has 3 heterocycles. The van der Waals surface area contributed by atoms with E-state index in [0.29, 0.717) is 19.5 Å². The average molecular weight is 337 g/mol. The highest BCUT2D eigenvalue weighted by Crippen LogP contribution is 2.34. The standard InChI is InChI=1S/C20H23N3O2/c24-19-12-16(14-22(19)13-15-6-2-1-3-7-15)20(25)23-11-5-9-18(23)17-8-4-10-21-17/h1-4,6-8,10,16,18,21H,5,9,11-14H2/t16-,18+/m1/s1. The van der Waals surface area contributed by atoms with E-state index in [0.717, 1.165) is 30.6 Å². The van der Waals surface area contributed by atoms with Crippen molar-refractivity contribution in [3.8, 4) is 0 Å². The van der Waals surface area contributed by atoms with Crippen LogP contribution in [0.15, 0.2) is 48.7 Å². The van der Waals surface area contributed by atoms with Crippen LogP contribution in [0.5, 0.6) is 0 Å². The van der Waals surface area contributed by atoms with Gasteiger partial charge in [0.05, 0.1) is 12.0 Å². The average Bonchev–Trinajstić information content (AvgIpc) is 3.36. The van der Waals surface area contributed by atoms with Crippen LogP contribution in [0.4, 0.5) is 0 Å². The van der Waals surface area contributed by atoms with Gasteiger partial charge in [0, 0.05) is 37.9 Å².